The molecule has 2 aromatic rings. The Morgan fingerprint density at radius 3 is 2.67 bits per heavy atom. The number of pyridine rings is 1. The Labute approximate surface area is 211 Å². The number of rotatable bonds is 1. The molecule has 1 amide bonds. The van der Waals surface area contributed by atoms with Crippen LogP contribution in [-0.2, 0) is 24.7 Å². The Hall–Kier alpha value is -2.64. The van der Waals surface area contributed by atoms with Crippen LogP contribution in [0.25, 0.3) is 0 Å². The molecule has 2 aliphatic carbocycles. The summed E-state index contributed by atoms with van der Waals surface area (Å²) >= 11 is 0. The van der Waals surface area contributed by atoms with Gasteiger partial charge < -0.3 is 25.0 Å². The quantitative estimate of drug-likeness (QED) is 0.572. The number of aromatic hydroxyl groups is 1. The molecule has 3 N–H and O–H groups in total. The van der Waals surface area contributed by atoms with Crippen LogP contribution in [0.1, 0.15) is 71.3 Å². The number of phenolic OH excluding ortho intramolecular Hbond substituents is 1. The number of likely N-dealkylation sites (N-methyl/N-ethyl adjacent to an activating group) is 1. The van der Waals surface area contributed by atoms with Gasteiger partial charge in [0, 0.05) is 29.2 Å². The average Bonchev–Trinajstić information content (AvgIpc) is 2.84. The maximum Gasteiger partial charge on any atom is 0.261 e. The summed E-state index contributed by atoms with van der Waals surface area (Å²) < 4.78 is 0. The van der Waals surface area contributed by atoms with E-state index >= 15 is 0 Å². The van der Waals surface area contributed by atoms with Crippen LogP contribution >= 0.6 is 0 Å². The number of aliphatic hydroxyl groups is 1. The molecule has 3 fully saturated rings. The van der Waals surface area contributed by atoms with Crippen LogP contribution in [0.15, 0.2) is 29.1 Å². The van der Waals surface area contributed by atoms with E-state index in [-0.39, 0.29) is 40.6 Å². The van der Waals surface area contributed by atoms with Crippen molar-refractivity contribution >= 4 is 5.91 Å². The number of hydrogen-bond acceptors (Lipinski definition) is 5. The van der Waals surface area contributed by atoms with Crippen LogP contribution in [0.5, 0.6) is 5.75 Å². The molecule has 3 aliphatic heterocycles. The van der Waals surface area contributed by atoms with Gasteiger partial charge in [0.1, 0.15) is 11.3 Å². The lowest BCUT2D eigenvalue weighted by molar-refractivity contribution is -0.0152. The summed E-state index contributed by atoms with van der Waals surface area (Å²) in [5.74, 6) is 0.505. The number of benzene rings is 1. The van der Waals surface area contributed by atoms with Crippen LogP contribution in [0.3, 0.4) is 0 Å². The second kappa shape index (κ2) is 7.93. The molecule has 190 valence electrons. The smallest absolute Gasteiger partial charge is 0.261 e. The fraction of sp³-hybridized carbons (Fsp3) is 0.586. The minimum atomic E-state index is -0.354. The van der Waals surface area contributed by atoms with E-state index in [0.29, 0.717) is 30.6 Å². The third kappa shape index (κ3) is 3.18. The van der Waals surface area contributed by atoms with E-state index in [2.05, 4.69) is 23.0 Å². The van der Waals surface area contributed by atoms with Crippen LogP contribution in [-0.4, -0.2) is 68.7 Å². The fourth-order valence-electron chi connectivity index (χ4n) is 8.60. The maximum atomic E-state index is 13.7. The summed E-state index contributed by atoms with van der Waals surface area (Å²) in [6, 6.07) is 8.14. The van der Waals surface area contributed by atoms with Crippen molar-refractivity contribution in [3.63, 3.8) is 0 Å². The molecule has 1 aromatic carbocycles. The standard InChI is InChI=1S/C29H35N3O4/c1-31-8-7-29-15-25-17(10-24(29)26(31)11-16-5-6-20(33)14-23(16)29)9-22(27(35)30-25)28(36)32-18-3-2-4-19(32)13-21(34)12-18/h5-6,9,14,18-19,21,24,26,33-34H,2-4,7-8,10-13,15H2,1H3,(H,30,35)/t18-,19+,21+,24-,26+,29+/m0/s1. The molecule has 36 heavy (non-hydrogen) atoms. The van der Waals surface area contributed by atoms with Crippen LogP contribution in [0, 0.1) is 5.92 Å². The van der Waals surface area contributed by atoms with Crippen molar-refractivity contribution in [1.29, 1.82) is 0 Å². The van der Waals surface area contributed by atoms with Crippen molar-refractivity contribution < 1.29 is 15.0 Å². The molecule has 7 heteroatoms. The summed E-state index contributed by atoms with van der Waals surface area (Å²) in [7, 11) is 2.21. The van der Waals surface area contributed by atoms with E-state index in [9.17, 15) is 19.8 Å². The van der Waals surface area contributed by atoms with Crippen LogP contribution in [0.2, 0.25) is 0 Å². The summed E-state index contributed by atoms with van der Waals surface area (Å²) in [4.78, 5) is 34.6. The second-order valence-corrected chi connectivity index (χ2v) is 12.1. The van der Waals surface area contributed by atoms with Crippen molar-refractivity contribution in [3.8, 4) is 5.75 Å². The van der Waals surface area contributed by atoms with Gasteiger partial charge in [-0.1, -0.05) is 6.07 Å². The lowest BCUT2D eigenvalue weighted by Gasteiger charge is -2.58. The highest BCUT2D eigenvalue weighted by Gasteiger charge is 2.55. The van der Waals surface area contributed by atoms with Gasteiger partial charge in [-0.05, 0) is 112 Å². The van der Waals surface area contributed by atoms with Crippen LogP contribution < -0.4 is 5.56 Å². The molecule has 0 spiro atoms. The van der Waals surface area contributed by atoms with Gasteiger partial charge in [0.25, 0.3) is 11.5 Å². The molecule has 4 heterocycles. The molecule has 7 rings (SSSR count). The number of nitrogens with zero attached hydrogens (tertiary/aromatic N) is 2. The fourth-order valence-corrected chi connectivity index (χ4v) is 8.60. The average molecular weight is 490 g/mol. The zero-order valence-electron chi connectivity index (χ0n) is 20.9. The number of nitrogens with one attached hydrogen (secondary N) is 1. The van der Waals surface area contributed by atoms with Gasteiger partial charge in [0.05, 0.1) is 6.10 Å². The van der Waals surface area contributed by atoms with Crippen molar-refractivity contribution in [2.75, 3.05) is 13.6 Å². The minimum Gasteiger partial charge on any atom is -0.508 e. The second-order valence-electron chi connectivity index (χ2n) is 12.1. The van der Waals surface area contributed by atoms with Gasteiger partial charge in [-0.2, -0.15) is 0 Å². The normalized spacial score (nSPS) is 34.9. The van der Waals surface area contributed by atoms with E-state index in [0.717, 1.165) is 62.7 Å². The van der Waals surface area contributed by atoms with E-state index < -0.39 is 0 Å². The van der Waals surface area contributed by atoms with Crippen LogP contribution in [0.4, 0.5) is 0 Å². The third-order valence-corrected chi connectivity index (χ3v) is 10.3. The molecule has 0 radical (unpaired) electrons. The Bertz CT molecular complexity index is 1290. The number of aliphatic hydroxyl groups excluding tert-OH is 1. The monoisotopic (exact) mass is 489 g/mol. The number of fused-ring (bicyclic) bond motifs is 4. The predicted octanol–water partition coefficient (Wildman–Crippen LogP) is 2.51. The van der Waals surface area contributed by atoms with E-state index in [1.54, 1.807) is 6.07 Å². The molecule has 3 saturated heterocycles. The number of piperidine rings is 3. The Morgan fingerprint density at radius 1 is 1.11 bits per heavy atom. The Kier molecular flexibility index (Phi) is 4.97. The third-order valence-electron chi connectivity index (χ3n) is 10.3. The summed E-state index contributed by atoms with van der Waals surface area (Å²) in [5.41, 5.74) is 4.43. The number of aromatic amines is 1. The molecule has 7 nitrogen and oxygen atoms in total. The van der Waals surface area contributed by atoms with Gasteiger partial charge in [-0.25, -0.2) is 0 Å². The van der Waals surface area contributed by atoms with Gasteiger partial charge in [0.2, 0.25) is 0 Å². The number of aromatic nitrogens is 1. The Balaban J connectivity index is 1.29. The molecule has 0 saturated carbocycles. The van der Waals surface area contributed by atoms with Gasteiger partial charge in [0.15, 0.2) is 0 Å². The molecule has 6 atom stereocenters. The summed E-state index contributed by atoms with van der Waals surface area (Å²) in [5, 5.41) is 20.6. The first-order chi connectivity index (χ1) is 17.3. The molecule has 0 unspecified atom stereocenters. The zero-order chi connectivity index (χ0) is 24.8. The lowest BCUT2D eigenvalue weighted by atomic mass is 9.52. The highest BCUT2D eigenvalue weighted by atomic mass is 16.3. The van der Waals surface area contributed by atoms with Gasteiger partial charge in [-0.15, -0.1) is 0 Å². The highest BCUT2D eigenvalue weighted by Crippen LogP contribution is 2.54. The van der Waals surface area contributed by atoms with Gasteiger partial charge in [-0.3, -0.25) is 9.59 Å². The lowest BCUT2D eigenvalue weighted by Crippen LogP contribution is -2.62. The first-order valence-electron chi connectivity index (χ1n) is 13.6. The first-order valence-corrected chi connectivity index (χ1v) is 13.6. The van der Waals surface area contributed by atoms with E-state index in [1.807, 2.05) is 17.0 Å². The van der Waals surface area contributed by atoms with Crippen molar-refractivity contribution in [2.45, 2.75) is 87.4 Å². The summed E-state index contributed by atoms with van der Waals surface area (Å²) in [6.07, 6.45) is 7.23. The molecule has 1 aromatic heterocycles. The zero-order valence-corrected chi connectivity index (χ0v) is 20.9. The Morgan fingerprint density at radius 2 is 1.89 bits per heavy atom. The maximum absolute atomic E-state index is 13.7. The summed E-state index contributed by atoms with van der Waals surface area (Å²) in [6.45, 7) is 0.996. The van der Waals surface area contributed by atoms with Crippen molar-refractivity contribution in [1.82, 2.24) is 14.8 Å². The predicted molar refractivity (Wildman–Crippen MR) is 135 cm³/mol. The number of carbonyl (C=O) groups excluding carboxylic acids is 1. The van der Waals surface area contributed by atoms with Crippen molar-refractivity contribution in [2.24, 2.45) is 5.92 Å². The first kappa shape index (κ1) is 22.5. The topological polar surface area (TPSA) is 96.9 Å². The number of carbonyl (C=O) groups is 1. The van der Waals surface area contributed by atoms with Crippen molar-refractivity contribution in [3.05, 3.63) is 62.6 Å². The molecular formula is C29H35N3O4. The number of H-pyrrole nitrogens is 1. The van der Waals surface area contributed by atoms with E-state index in [1.165, 1.54) is 11.1 Å². The number of hydrogen-bond donors (Lipinski definition) is 3. The molecule has 5 aliphatic rings. The minimum absolute atomic E-state index is 0.0224. The largest absolute Gasteiger partial charge is 0.508 e. The number of amides is 1. The van der Waals surface area contributed by atoms with Gasteiger partial charge >= 0.3 is 0 Å². The molecule has 4 bridgehead atoms. The SMILES string of the molecule is CN1CC[C@]23Cc4[nH]c(=O)c(C(=O)N5[C@@H]6CCC[C@H]5C[C@@H](O)C6)cc4C[C@H]2[C@H]1Cc1ccc(O)cc13. The van der Waals surface area contributed by atoms with E-state index in [4.69, 9.17) is 0 Å². The number of phenols is 1. The molecular weight excluding hydrogens is 454 g/mol. The number of likely N-dealkylation sites (tertiary alicyclic amines) is 1. The highest BCUT2D eigenvalue weighted by molar-refractivity contribution is 5.94.